The highest BCUT2D eigenvalue weighted by Gasteiger charge is 2.26. The number of thiazole rings is 1. The summed E-state index contributed by atoms with van der Waals surface area (Å²) in [7, 11) is -3.49. The summed E-state index contributed by atoms with van der Waals surface area (Å²) in [6.45, 7) is 3.79. The zero-order valence-electron chi connectivity index (χ0n) is 15.3. The van der Waals surface area contributed by atoms with Crippen LogP contribution in [0.5, 0.6) is 5.75 Å². The van der Waals surface area contributed by atoms with Crippen LogP contribution in [0.1, 0.15) is 11.5 Å². The first kappa shape index (κ1) is 19.1. The van der Waals surface area contributed by atoms with Gasteiger partial charge in [-0.05, 0) is 43.3 Å². The lowest BCUT2D eigenvalue weighted by Gasteiger charge is -2.26. The summed E-state index contributed by atoms with van der Waals surface area (Å²) >= 11 is 1.49. The van der Waals surface area contributed by atoms with Gasteiger partial charge in [-0.3, -0.25) is 0 Å². The molecule has 1 saturated heterocycles. The molecule has 0 atom stereocenters. The van der Waals surface area contributed by atoms with E-state index in [1.165, 1.54) is 15.6 Å². The van der Waals surface area contributed by atoms with Gasteiger partial charge in [0.2, 0.25) is 10.0 Å². The first-order chi connectivity index (χ1) is 13.5. The van der Waals surface area contributed by atoms with Gasteiger partial charge >= 0.3 is 0 Å². The Morgan fingerprint density at radius 1 is 1.14 bits per heavy atom. The van der Waals surface area contributed by atoms with Gasteiger partial charge in [-0.2, -0.15) is 4.31 Å². The Hall–Kier alpha value is -2.20. The molecule has 0 N–H and O–H groups in total. The average Bonchev–Trinajstić information content (AvgIpc) is 3.36. The second-order valence-corrected chi connectivity index (χ2v) is 9.13. The van der Waals surface area contributed by atoms with Crippen molar-refractivity contribution in [3.05, 3.63) is 53.2 Å². The fraction of sp³-hybridized carbons (Fsp3) is 0.316. The minimum atomic E-state index is -3.49. The van der Waals surface area contributed by atoms with E-state index in [4.69, 9.17) is 13.9 Å². The fourth-order valence-electron chi connectivity index (χ4n) is 2.84. The highest BCUT2D eigenvalue weighted by molar-refractivity contribution is 7.89. The van der Waals surface area contributed by atoms with Gasteiger partial charge in [-0.15, -0.1) is 11.3 Å². The second-order valence-electron chi connectivity index (χ2n) is 6.33. The van der Waals surface area contributed by atoms with Gasteiger partial charge < -0.3 is 13.9 Å². The molecule has 0 unspecified atom stereocenters. The molecule has 7 nitrogen and oxygen atoms in total. The highest BCUT2D eigenvalue weighted by Crippen LogP contribution is 2.26. The predicted octanol–water partition coefficient (Wildman–Crippen LogP) is 3.31. The Morgan fingerprint density at radius 3 is 2.57 bits per heavy atom. The number of aryl methyl sites for hydroxylation is 1. The molecule has 2 aromatic heterocycles. The maximum atomic E-state index is 12.6. The Bertz CT molecular complexity index is 1030. The predicted molar refractivity (Wildman–Crippen MR) is 105 cm³/mol. The Labute approximate surface area is 167 Å². The van der Waals surface area contributed by atoms with Crippen molar-refractivity contribution in [2.45, 2.75) is 18.4 Å². The number of aromatic nitrogens is 1. The van der Waals surface area contributed by atoms with E-state index in [9.17, 15) is 8.42 Å². The van der Waals surface area contributed by atoms with Crippen LogP contribution in [0.4, 0.5) is 0 Å². The molecule has 0 radical (unpaired) electrons. The topological polar surface area (TPSA) is 81.9 Å². The van der Waals surface area contributed by atoms with Gasteiger partial charge in [0, 0.05) is 18.5 Å². The summed E-state index contributed by atoms with van der Waals surface area (Å²) in [5.74, 6) is 2.17. The van der Waals surface area contributed by atoms with Gasteiger partial charge in [-0.25, -0.2) is 13.4 Å². The van der Waals surface area contributed by atoms with E-state index in [0.29, 0.717) is 38.7 Å². The largest absolute Gasteiger partial charge is 0.487 e. The van der Waals surface area contributed by atoms with Crippen molar-refractivity contribution in [1.82, 2.24) is 9.29 Å². The van der Waals surface area contributed by atoms with E-state index in [1.54, 1.807) is 24.3 Å². The lowest BCUT2D eigenvalue weighted by Crippen LogP contribution is -2.40. The molecule has 1 aliphatic heterocycles. The maximum absolute atomic E-state index is 12.6. The molecule has 3 heterocycles. The minimum absolute atomic E-state index is 0.255. The third-order valence-electron chi connectivity index (χ3n) is 4.32. The summed E-state index contributed by atoms with van der Waals surface area (Å²) in [5.41, 5.74) is 0.791. The summed E-state index contributed by atoms with van der Waals surface area (Å²) < 4.78 is 43.2. The van der Waals surface area contributed by atoms with Crippen molar-refractivity contribution >= 4 is 21.4 Å². The van der Waals surface area contributed by atoms with Crippen LogP contribution in [0.3, 0.4) is 0 Å². The second kappa shape index (κ2) is 8.04. The molecular weight excluding hydrogens is 400 g/mol. The van der Waals surface area contributed by atoms with Crippen LogP contribution in [0.2, 0.25) is 0 Å². The van der Waals surface area contributed by atoms with E-state index in [1.807, 2.05) is 24.4 Å². The average molecular weight is 421 g/mol. The van der Waals surface area contributed by atoms with Crippen molar-refractivity contribution in [1.29, 1.82) is 0 Å². The van der Waals surface area contributed by atoms with Crippen molar-refractivity contribution in [2.24, 2.45) is 0 Å². The van der Waals surface area contributed by atoms with E-state index in [2.05, 4.69) is 4.98 Å². The van der Waals surface area contributed by atoms with Gasteiger partial charge in [-0.1, -0.05) is 0 Å². The minimum Gasteiger partial charge on any atom is -0.487 e. The molecule has 3 aromatic rings. The number of hydrogen-bond acceptors (Lipinski definition) is 7. The quantitative estimate of drug-likeness (QED) is 0.609. The van der Waals surface area contributed by atoms with Crippen LogP contribution in [-0.4, -0.2) is 44.0 Å². The molecule has 0 aliphatic carbocycles. The van der Waals surface area contributed by atoms with E-state index >= 15 is 0 Å². The van der Waals surface area contributed by atoms with Crippen LogP contribution in [-0.2, 0) is 21.4 Å². The van der Waals surface area contributed by atoms with Crippen LogP contribution in [0, 0.1) is 6.92 Å². The summed E-state index contributed by atoms with van der Waals surface area (Å²) in [6, 6.07) is 10.3. The summed E-state index contributed by atoms with van der Waals surface area (Å²) in [4.78, 5) is 4.77. The SMILES string of the molecule is Cc1ccc(-c2nc(COc3ccc(S(=O)(=O)N4CCOCC4)cc3)cs2)o1. The molecule has 28 heavy (non-hydrogen) atoms. The number of hydrogen-bond donors (Lipinski definition) is 0. The van der Waals surface area contributed by atoms with E-state index in [0.717, 1.165) is 22.2 Å². The fourth-order valence-corrected chi connectivity index (χ4v) is 5.01. The van der Waals surface area contributed by atoms with E-state index < -0.39 is 10.0 Å². The molecule has 1 aromatic carbocycles. The lowest BCUT2D eigenvalue weighted by atomic mass is 10.3. The number of ether oxygens (including phenoxy) is 2. The van der Waals surface area contributed by atoms with Gasteiger partial charge in [0.25, 0.3) is 0 Å². The molecule has 0 bridgehead atoms. The number of furan rings is 1. The first-order valence-corrected chi connectivity index (χ1v) is 11.2. The Balaban J connectivity index is 1.39. The zero-order chi connectivity index (χ0) is 19.6. The van der Waals surface area contributed by atoms with Crippen molar-refractivity contribution < 1.29 is 22.3 Å². The standard InChI is InChI=1S/C19H20N2O5S2/c1-14-2-7-18(26-14)19-20-15(13-27-19)12-25-16-3-5-17(6-4-16)28(22,23)21-8-10-24-11-9-21/h2-7,13H,8-12H2,1H3. The molecule has 1 fully saturated rings. The third-order valence-corrected chi connectivity index (χ3v) is 7.14. The number of rotatable bonds is 6. The number of morpholine rings is 1. The van der Waals surface area contributed by atoms with E-state index in [-0.39, 0.29) is 4.90 Å². The lowest BCUT2D eigenvalue weighted by molar-refractivity contribution is 0.0730. The first-order valence-electron chi connectivity index (χ1n) is 8.84. The molecule has 9 heteroatoms. The molecule has 4 rings (SSSR count). The highest BCUT2D eigenvalue weighted by atomic mass is 32.2. The number of benzene rings is 1. The van der Waals surface area contributed by atoms with Crippen LogP contribution >= 0.6 is 11.3 Å². The maximum Gasteiger partial charge on any atom is 0.243 e. The van der Waals surface area contributed by atoms with Crippen molar-refractivity contribution in [3.8, 4) is 16.5 Å². The number of nitrogens with zero attached hydrogens (tertiary/aromatic N) is 2. The van der Waals surface area contributed by atoms with Crippen LogP contribution in [0.15, 0.2) is 51.1 Å². The summed E-state index contributed by atoms with van der Waals surface area (Å²) in [6.07, 6.45) is 0. The molecular formula is C19H20N2O5S2. The third kappa shape index (κ3) is 4.12. The smallest absolute Gasteiger partial charge is 0.243 e. The molecule has 0 spiro atoms. The Kier molecular flexibility index (Phi) is 5.49. The Morgan fingerprint density at radius 2 is 1.89 bits per heavy atom. The van der Waals surface area contributed by atoms with Crippen LogP contribution in [0.25, 0.3) is 10.8 Å². The number of sulfonamides is 1. The summed E-state index contributed by atoms with van der Waals surface area (Å²) in [5, 5.41) is 2.73. The van der Waals surface area contributed by atoms with Gasteiger partial charge in [0.1, 0.15) is 18.1 Å². The van der Waals surface area contributed by atoms with Crippen molar-refractivity contribution in [3.63, 3.8) is 0 Å². The molecule has 1 aliphatic rings. The molecule has 148 valence electrons. The van der Waals surface area contributed by atoms with Crippen molar-refractivity contribution in [2.75, 3.05) is 26.3 Å². The molecule has 0 saturated carbocycles. The molecule has 0 amide bonds. The van der Waals surface area contributed by atoms with Crippen LogP contribution < -0.4 is 4.74 Å². The van der Waals surface area contributed by atoms with Gasteiger partial charge in [0.05, 0.1) is 23.8 Å². The van der Waals surface area contributed by atoms with Gasteiger partial charge in [0.15, 0.2) is 10.8 Å². The monoisotopic (exact) mass is 420 g/mol. The zero-order valence-corrected chi connectivity index (χ0v) is 17.0. The normalized spacial score (nSPS) is 15.6.